The third kappa shape index (κ3) is 7.93. The first-order valence-corrected chi connectivity index (χ1v) is 15.1. The first-order chi connectivity index (χ1) is 18.5. The van der Waals surface area contributed by atoms with Gasteiger partial charge in [0.2, 0.25) is 21.8 Å². The van der Waals surface area contributed by atoms with Crippen molar-refractivity contribution in [2.45, 2.75) is 52.6 Å². The van der Waals surface area contributed by atoms with Crippen molar-refractivity contribution in [3.05, 3.63) is 101 Å². The molecule has 39 heavy (non-hydrogen) atoms. The topological polar surface area (TPSA) is 86.8 Å². The molecule has 3 aromatic rings. The Morgan fingerprint density at radius 2 is 1.51 bits per heavy atom. The van der Waals surface area contributed by atoms with Crippen molar-refractivity contribution in [1.82, 2.24) is 10.2 Å². The van der Waals surface area contributed by atoms with E-state index < -0.39 is 28.5 Å². The molecule has 0 heterocycles. The van der Waals surface area contributed by atoms with E-state index in [1.807, 2.05) is 94.4 Å². The number of sulfonamides is 1. The molecule has 7 nitrogen and oxygen atoms in total. The molecule has 0 aliphatic rings. The first kappa shape index (κ1) is 29.9. The molecule has 3 aromatic carbocycles. The monoisotopic (exact) mass is 549 g/mol. The second-order valence-electron chi connectivity index (χ2n) is 10.0. The Morgan fingerprint density at radius 1 is 0.897 bits per heavy atom. The van der Waals surface area contributed by atoms with E-state index in [1.165, 1.54) is 4.90 Å². The molecule has 3 rings (SSSR count). The molecule has 1 N–H and O–H groups in total. The quantitative estimate of drug-likeness (QED) is 0.356. The van der Waals surface area contributed by atoms with E-state index in [4.69, 9.17) is 0 Å². The summed E-state index contributed by atoms with van der Waals surface area (Å²) in [6.45, 7) is 7.92. The van der Waals surface area contributed by atoms with Gasteiger partial charge in [-0.15, -0.1) is 0 Å². The Morgan fingerprint density at radius 3 is 2.13 bits per heavy atom. The molecule has 0 unspecified atom stereocenters. The van der Waals surface area contributed by atoms with Crippen LogP contribution >= 0.6 is 0 Å². The first-order valence-electron chi connectivity index (χ1n) is 13.2. The van der Waals surface area contributed by atoms with Crippen molar-refractivity contribution in [3.8, 4) is 0 Å². The van der Waals surface area contributed by atoms with Crippen molar-refractivity contribution < 1.29 is 18.0 Å². The maximum absolute atomic E-state index is 14.2. The van der Waals surface area contributed by atoms with E-state index in [1.54, 1.807) is 12.1 Å². The minimum atomic E-state index is -3.81. The van der Waals surface area contributed by atoms with Crippen molar-refractivity contribution in [3.63, 3.8) is 0 Å². The van der Waals surface area contributed by atoms with Gasteiger partial charge in [0.1, 0.15) is 12.6 Å². The highest BCUT2D eigenvalue weighted by molar-refractivity contribution is 7.92. The summed E-state index contributed by atoms with van der Waals surface area (Å²) >= 11 is 0. The maximum atomic E-state index is 14.2. The number of para-hydroxylation sites is 1. The van der Waals surface area contributed by atoms with Crippen LogP contribution in [0.2, 0.25) is 0 Å². The summed E-state index contributed by atoms with van der Waals surface area (Å²) in [5.74, 6) is -0.684. The number of anilines is 1. The zero-order chi connectivity index (χ0) is 28.6. The summed E-state index contributed by atoms with van der Waals surface area (Å²) in [5.41, 5.74) is 4.07. The summed E-state index contributed by atoms with van der Waals surface area (Å²) in [6.07, 6.45) is 1.40. The van der Waals surface area contributed by atoms with E-state index in [2.05, 4.69) is 5.32 Å². The normalized spacial score (nSPS) is 12.2. The second-order valence-corrected chi connectivity index (χ2v) is 11.9. The standard InChI is InChI=1S/C31H39N3O4S/c1-6-32-31(36)29(20-25-15-8-7-9-16-25)33(21-26-17-11-10-14-24(26)4)30(35)22-34(39(5,37)38)28-19-13-12-18-27(28)23(2)3/h7-19,23,29H,6,20-22H2,1-5H3,(H,32,36)/t29-/m1/s1. The number of aryl methyl sites for hydroxylation is 1. The zero-order valence-corrected chi connectivity index (χ0v) is 24.2. The molecular formula is C31H39N3O4S. The highest BCUT2D eigenvalue weighted by atomic mass is 32.2. The van der Waals surface area contributed by atoms with Crippen LogP contribution in [-0.4, -0.2) is 50.5 Å². The van der Waals surface area contributed by atoms with Crippen LogP contribution in [0, 0.1) is 6.92 Å². The molecule has 1 atom stereocenters. The van der Waals surface area contributed by atoms with Gasteiger partial charge in [-0.05, 0) is 48.1 Å². The Bertz CT molecular complexity index is 1370. The Hall–Kier alpha value is -3.65. The van der Waals surface area contributed by atoms with Gasteiger partial charge in [-0.25, -0.2) is 8.42 Å². The molecule has 0 bridgehead atoms. The Balaban J connectivity index is 2.09. The molecular weight excluding hydrogens is 510 g/mol. The lowest BCUT2D eigenvalue weighted by Crippen LogP contribution is -2.53. The van der Waals surface area contributed by atoms with Gasteiger partial charge in [0.15, 0.2) is 0 Å². The predicted octanol–water partition coefficient (Wildman–Crippen LogP) is 4.66. The average molecular weight is 550 g/mol. The number of hydrogen-bond donors (Lipinski definition) is 1. The fourth-order valence-corrected chi connectivity index (χ4v) is 5.48. The average Bonchev–Trinajstić information content (AvgIpc) is 2.90. The van der Waals surface area contributed by atoms with Gasteiger partial charge in [0.25, 0.3) is 0 Å². The van der Waals surface area contributed by atoms with Crippen LogP contribution < -0.4 is 9.62 Å². The van der Waals surface area contributed by atoms with Crippen LogP contribution in [0.1, 0.15) is 48.9 Å². The van der Waals surface area contributed by atoms with Gasteiger partial charge < -0.3 is 10.2 Å². The van der Waals surface area contributed by atoms with Crippen LogP contribution in [0.5, 0.6) is 0 Å². The van der Waals surface area contributed by atoms with Crippen molar-refractivity contribution in [1.29, 1.82) is 0 Å². The van der Waals surface area contributed by atoms with Crippen molar-refractivity contribution in [2.24, 2.45) is 0 Å². The number of benzene rings is 3. The number of likely N-dealkylation sites (N-methyl/N-ethyl adjacent to an activating group) is 1. The number of amides is 2. The number of nitrogens with zero attached hydrogens (tertiary/aromatic N) is 2. The van der Waals surface area contributed by atoms with E-state index in [0.29, 0.717) is 18.7 Å². The molecule has 0 aromatic heterocycles. The number of carbonyl (C=O) groups excluding carboxylic acids is 2. The molecule has 0 saturated heterocycles. The third-order valence-electron chi connectivity index (χ3n) is 6.73. The highest BCUT2D eigenvalue weighted by Crippen LogP contribution is 2.29. The smallest absolute Gasteiger partial charge is 0.244 e. The van der Waals surface area contributed by atoms with Crippen LogP contribution in [0.15, 0.2) is 78.9 Å². The fraction of sp³-hybridized carbons (Fsp3) is 0.355. The maximum Gasteiger partial charge on any atom is 0.244 e. The number of rotatable bonds is 12. The minimum absolute atomic E-state index is 0.0461. The molecule has 208 valence electrons. The zero-order valence-electron chi connectivity index (χ0n) is 23.4. The van der Waals surface area contributed by atoms with E-state index in [9.17, 15) is 18.0 Å². The SMILES string of the molecule is CCNC(=O)[C@@H](Cc1ccccc1)N(Cc1ccccc1C)C(=O)CN(c1ccccc1C(C)C)S(C)(=O)=O. The second kappa shape index (κ2) is 13.4. The van der Waals surface area contributed by atoms with Crippen LogP contribution in [0.25, 0.3) is 0 Å². The molecule has 8 heteroatoms. The molecule has 0 radical (unpaired) electrons. The molecule has 0 aliphatic heterocycles. The lowest BCUT2D eigenvalue weighted by atomic mass is 10.0. The summed E-state index contributed by atoms with van der Waals surface area (Å²) in [4.78, 5) is 29.1. The van der Waals surface area contributed by atoms with E-state index in [0.717, 1.165) is 32.8 Å². The Kier molecular flexibility index (Phi) is 10.3. The fourth-order valence-electron chi connectivity index (χ4n) is 4.61. The minimum Gasteiger partial charge on any atom is -0.355 e. The van der Waals surface area contributed by atoms with Crippen LogP contribution in [-0.2, 0) is 32.6 Å². The van der Waals surface area contributed by atoms with Gasteiger partial charge in [-0.3, -0.25) is 13.9 Å². The number of hydrogen-bond acceptors (Lipinski definition) is 4. The third-order valence-corrected chi connectivity index (χ3v) is 7.86. The van der Waals surface area contributed by atoms with Gasteiger partial charge in [-0.2, -0.15) is 0 Å². The molecule has 2 amide bonds. The van der Waals surface area contributed by atoms with Crippen molar-refractivity contribution >= 4 is 27.5 Å². The van der Waals surface area contributed by atoms with Gasteiger partial charge >= 0.3 is 0 Å². The predicted molar refractivity (Wildman–Crippen MR) is 157 cm³/mol. The molecule has 0 fully saturated rings. The van der Waals surface area contributed by atoms with Gasteiger partial charge in [-0.1, -0.05) is 86.6 Å². The lowest BCUT2D eigenvalue weighted by molar-refractivity contribution is -0.140. The van der Waals surface area contributed by atoms with E-state index in [-0.39, 0.29) is 18.4 Å². The van der Waals surface area contributed by atoms with Gasteiger partial charge in [0, 0.05) is 19.5 Å². The summed E-state index contributed by atoms with van der Waals surface area (Å²) in [6, 6.07) is 23.6. The Labute approximate surface area is 232 Å². The summed E-state index contributed by atoms with van der Waals surface area (Å²) in [7, 11) is -3.81. The number of nitrogens with one attached hydrogen (secondary N) is 1. The highest BCUT2D eigenvalue weighted by Gasteiger charge is 2.33. The molecule has 0 saturated carbocycles. The van der Waals surface area contributed by atoms with Gasteiger partial charge in [0.05, 0.1) is 11.9 Å². The summed E-state index contributed by atoms with van der Waals surface area (Å²) < 4.78 is 27.3. The van der Waals surface area contributed by atoms with Crippen LogP contribution in [0.4, 0.5) is 5.69 Å². The lowest BCUT2D eigenvalue weighted by Gasteiger charge is -2.34. The summed E-state index contributed by atoms with van der Waals surface area (Å²) in [5, 5.41) is 2.88. The molecule has 0 spiro atoms. The van der Waals surface area contributed by atoms with Crippen molar-refractivity contribution in [2.75, 3.05) is 23.7 Å². The van der Waals surface area contributed by atoms with E-state index >= 15 is 0 Å². The molecule has 0 aliphatic carbocycles. The number of carbonyl (C=O) groups is 2. The van der Waals surface area contributed by atoms with Crippen LogP contribution in [0.3, 0.4) is 0 Å². The largest absolute Gasteiger partial charge is 0.355 e.